The molecule has 0 fully saturated rings. The highest BCUT2D eigenvalue weighted by atomic mass is 32.2. The third-order valence-corrected chi connectivity index (χ3v) is 4.38. The van der Waals surface area contributed by atoms with Crippen molar-refractivity contribution in [3.05, 3.63) is 54.1 Å². The molecule has 0 atom stereocenters. The van der Waals surface area contributed by atoms with Crippen molar-refractivity contribution in [1.29, 1.82) is 0 Å². The smallest absolute Gasteiger partial charge is 0.234 e. The largest absolute Gasteiger partial charge is 0.326 e. The Morgan fingerprint density at radius 1 is 1.00 bits per heavy atom. The number of benzene rings is 2. The van der Waals surface area contributed by atoms with E-state index in [9.17, 15) is 9.59 Å². The molecule has 0 aliphatic rings. The number of rotatable bonds is 6. The summed E-state index contributed by atoms with van der Waals surface area (Å²) in [4.78, 5) is 24.1. The normalized spacial score (nSPS) is 10.5. The zero-order chi connectivity index (χ0) is 17.5. The van der Waals surface area contributed by atoms with Crippen LogP contribution in [0.15, 0.2) is 53.4 Å². The number of amides is 2. The Kier molecular flexibility index (Phi) is 6.44. The molecule has 0 bridgehead atoms. The SMILES string of the molecule is CC(=O)Nc1cccc(SCC(=O)Nc2ccc(C(C)C)cc2)c1. The van der Waals surface area contributed by atoms with Gasteiger partial charge in [-0.3, -0.25) is 9.59 Å². The maximum absolute atomic E-state index is 12.1. The molecule has 2 N–H and O–H groups in total. The molecular formula is C19H22N2O2S. The van der Waals surface area contributed by atoms with Crippen molar-refractivity contribution in [2.45, 2.75) is 31.6 Å². The molecule has 0 aliphatic carbocycles. The molecule has 24 heavy (non-hydrogen) atoms. The van der Waals surface area contributed by atoms with Gasteiger partial charge in [0.1, 0.15) is 0 Å². The minimum Gasteiger partial charge on any atom is -0.326 e. The van der Waals surface area contributed by atoms with Crippen LogP contribution in [0, 0.1) is 0 Å². The first-order valence-electron chi connectivity index (χ1n) is 7.84. The predicted octanol–water partition coefficient (Wildman–Crippen LogP) is 4.50. The topological polar surface area (TPSA) is 58.2 Å². The fourth-order valence-electron chi connectivity index (χ4n) is 2.16. The first kappa shape index (κ1) is 18.1. The molecule has 2 aromatic rings. The summed E-state index contributed by atoms with van der Waals surface area (Å²) in [5.41, 5.74) is 2.78. The lowest BCUT2D eigenvalue weighted by molar-refractivity contribution is -0.114. The Balaban J connectivity index is 1.87. The Labute approximate surface area is 147 Å². The molecule has 5 heteroatoms. The van der Waals surface area contributed by atoms with Crippen LogP contribution in [0.25, 0.3) is 0 Å². The Morgan fingerprint density at radius 3 is 2.33 bits per heavy atom. The number of nitrogens with one attached hydrogen (secondary N) is 2. The molecule has 126 valence electrons. The molecule has 2 amide bonds. The fraction of sp³-hybridized carbons (Fsp3) is 0.263. The van der Waals surface area contributed by atoms with E-state index >= 15 is 0 Å². The van der Waals surface area contributed by atoms with Crippen molar-refractivity contribution < 1.29 is 9.59 Å². The van der Waals surface area contributed by atoms with Gasteiger partial charge in [-0.1, -0.05) is 32.0 Å². The maximum atomic E-state index is 12.1. The zero-order valence-electron chi connectivity index (χ0n) is 14.1. The van der Waals surface area contributed by atoms with E-state index in [1.54, 1.807) is 0 Å². The Hall–Kier alpha value is -2.27. The lowest BCUT2D eigenvalue weighted by Crippen LogP contribution is -2.14. The van der Waals surface area contributed by atoms with E-state index in [-0.39, 0.29) is 11.8 Å². The molecule has 0 aromatic heterocycles. The van der Waals surface area contributed by atoms with Crippen molar-refractivity contribution >= 4 is 35.0 Å². The van der Waals surface area contributed by atoms with Crippen molar-refractivity contribution in [3.63, 3.8) is 0 Å². The van der Waals surface area contributed by atoms with Gasteiger partial charge in [-0.25, -0.2) is 0 Å². The number of hydrogen-bond donors (Lipinski definition) is 2. The van der Waals surface area contributed by atoms with Crippen molar-refractivity contribution in [2.75, 3.05) is 16.4 Å². The standard InChI is InChI=1S/C19H22N2O2S/c1-13(2)15-7-9-16(10-8-15)21-19(23)12-24-18-6-4-5-17(11-18)20-14(3)22/h4-11,13H,12H2,1-3H3,(H,20,22)(H,21,23). The minimum atomic E-state index is -0.111. The lowest BCUT2D eigenvalue weighted by atomic mass is 10.0. The third-order valence-electron chi connectivity index (χ3n) is 3.39. The van der Waals surface area contributed by atoms with Crippen LogP contribution in [0.2, 0.25) is 0 Å². The third kappa shape index (κ3) is 5.74. The quantitative estimate of drug-likeness (QED) is 0.760. The molecule has 4 nitrogen and oxygen atoms in total. The van der Waals surface area contributed by atoms with Gasteiger partial charge in [0.2, 0.25) is 11.8 Å². The van der Waals surface area contributed by atoms with Gasteiger partial charge in [-0.05, 0) is 41.8 Å². The second kappa shape index (κ2) is 8.55. The summed E-state index contributed by atoms with van der Waals surface area (Å²) in [6.07, 6.45) is 0. The summed E-state index contributed by atoms with van der Waals surface area (Å²) >= 11 is 1.43. The van der Waals surface area contributed by atoms with Crippen LogP contribution in [0.4, 0.5) is 11.4 Å². The van der Waals surface area contributed by atoms with Crippen molar-refractivity contribution in [1.82, 2.24) is 0 Å². The molecule has 2 aromatic carbocycles. The van der Waals surface area contributed by atoms with E-state index in [1.165, 1.54) is 24.2 Å². The maximum Gasteiger partial charge on any atom is 0.234 e. The summed E-state index contributed by atoms with van der Waals surface area (Å²) < 4.78 is 0. The number of carbonyl (C=O) groups excluding carboxylic acids is 2. The van der Waals surface area contributed by atoms with Gasteiger partial charge in [0.05, 0.1) is 5.75 Å². The molecule has 0 saturated heterocycles. The van der Waals surface area contributed by atoms with Crippen LogP contribution in [-0.4, -0.2) is 17.6 Å². The second-order valence-electron chi connectivity index (χ2n) is 5.82. The van der Waals surface area contributed by atoms with Gasteiger partial charge < -0.3 is 10.6 Å². The Bertz CT molecular complexity index is 712. The van der Waals surface area contributed by atoms with E-state index in [4.69, 9.17) is 0 Å². The van der Waals surface area contributed by atoms with Gasteiger partial charge in [0.25, 0.3) is 0 Å². The van der Waals surface area contributed by atoms with E-state index in [1.807, 2.05) is 48.5 Å². The van der Waals surface area contributed by atoms with Gasteiger partial charge in [-0.15, -0.1) is 11.8 Å². The molecule has 0 aliphatic heterocycles. The monoisotopic (exact) mass is 342 g/mol. The van der Waals surface area contributed by atoms with Gasteiger partial charge in [0, 0.05) is 23.2 Å². The molecule has 0 unspecified atom stereocenters. The summed E-state index contributed by atoms with van der Waals surface area (Å²) in [7, 11) is 0. The molecule has 0 radical (unpaired) electrons. The average Bonchev–Trinajstić information content (AvgIpc) is 2.53. The van der Waals surface area contributed by atoms with E-state index in [2.05, 4.69) is 24.5 Å². The van der Waals surface area contributed by atoms with Crippen LogP contribution in [-0.2, 0) is 9.59 Å². The minimum absolute atomic E-state index is 0.0535. The van der Waals surface area contributed by atoms with Crippen molar-refractivity contribution in [3.8, 4) is 0 Å². The van der Waals surface area contributed by atoms with Gasteiger partial charge in [-0.2, -0.15) is 0 Å². The highest BCUT2D eigenvalue weighted by Gasteiger charge is 2.06. The molecular weight excluding hydrogens is 320 g/mol. The lowest BCUT2D eigenvalue weighted by Gasteiger charge is -2.09. The van der Waals surface area contributed by atoms with Gasteiger partial charge >= 0.3 is 0 Å². The van der Waals surface area contributed by atoms with E-state index < -0.39 is 0 Å². The van der Waals surface area contributed by atoms with Gasteiger partial charge in [0.15, 0.2) is 0 Å². The fourth-order valence-corrected chi connectivity index (χ4v) is 2.92. The number of carbonyl (C=O) groups is 2. The number of thioether (sulfide) groups is 1. The second-order valence-corrected chi connectivity index (χ2v) is 6.87. The van der Waals surface area contributed by atoms with Crippen molar-refractivity contribution in [2.24, 2.45) is 0 Å². The zero-order valence-corrected chi connectivity index (χ0v) is 14.9. The average molecular weight is 342 g/mol. The van der Waals surface area contributed by atoms with Crippen LogP contribution < -0.4 is 10.6 Å². The molecule has 0 saturated carbocycles. The van der Waals surface area contributed by atoms with Crippen LogP contribution in [0.1, 0.15) is 32.3 Å². The highest BCUT2D eigenvalue weighted by Crippen LogP contribution is 2.22. The Morgan fingerprint density at radius 2 is 1.71 bits per heavy atom. The van der Waals surface area contributed by atoms with Crippen LogP contribution in [0.3, 0.4) is 0 Å². The van der Waals surface area contributed by atoms with Crippen LogP contribution in [0.5, 0.6) is 0 Å². The number of hydrogen-bond acceptors (Lipinski definition) is 3. The molecule has 2 rings (SSSR count). The molecule has 0 spiro atoms. The summed E-state index contributed by atoms with van der Waals surface area (Å²) in [5, 5.41) is 5.63. The molecule has 0 heterocycles. The summed E-state index contributed by atoms with van der Waals surface area (Å²) in [5.74, 6) is 0.623. The predicted molar refractivity (Wildman–Crippen MR) is 101 cm³/mol. The first-order chi connectivity index (χ1) is 11.4. The summed E-state index contributed by atoms with van der Waals surface area (Å²) in [6, 6.07) is 15.4. The van der Waals surface area contributed by atoms with E-state index in [0.717, 1.165) is 16.3 Å². The summed E-state index contributed by atoms with van der Waals surface area (Å²) in [6.45, 7) is 5.75. The van der Waals surface area contributed by atoms with Crippen LogP contribution >= 0.6 is 11.8 Å². The number of anilines is 2. The van der Waals surface area contributed by atoms with E-state index in [0.29, 0.717) is 11.7 Å². The first-order valence-corrected chi connectivity index (χ1v) is 8.83. The highest BCUT2D eigenvalue weighted by molar-refractivity contribution is 8.00.